The summed E-state index contributed by atoms with van der Waals surface area (Å²) in [5.41, 5.74) is 0.648. The molecule has 0 aliphatic carbocycles. The Bertz CT molecular complexity index is 417. The molecule has 0 aliphatic rings. The zero-order valence-electron chi connectivity index (χ0n) is 10.1. The highest BCUT2D eigenvalue weighted by Crippen LogP contribution is 2.04. The van der Waals surface area contributed by atoms with Crippen LogP contribution < -0.4 is 5.32 Å². The van der Waals surface area contributed by atoms with Crippen LogP contribution in [0.25, 0.3) is 0 Å². The van der Waals surface area contributed by atoms with Gasteiger partial charge in [-0.05, 0) is 24.1 Å². The topological polar surface area (TPSA) is 66.4 Å². The number of carboxylic acids is 1. The van der Waals surface area contributed by atoms with Crippen molar-refractivity contribution in [3.63, 3.8) is 0 Å². The second kappa shape index (κ2) is 6.74. The van der Waals surface area contributed by atoms with Gasteiger partial charge in [0, 0.05) is 0 Å². The molecule has 0 unspecified atom stereocenters. The summed E-state index contributed by atoms with van der Waals surface area (Å²) in [6.45, 7) is 1.85. The summed E-state index contributed by atoms with van der Waals surface area (Å²) in [5, 5.41) is 11.3. The third-order valence-corrected chi connectivity index (χ3v) is 2.49. The predicted molar refractivity (Wildman–Crippen MR) is 64.6 cm³/mol. The van der Waals surface area contributed by atoms with E-state index in [2.05, 4.69) is 5.32 Å². The van der Waals surface area contributed by atoms with Gasteiger partial charge in [0.05, 0.1) is 6.42 Å². The zero-order valence-corrected chi connectivity index (χ0v) is 10.1. The van der Waals surface area contributed by atoms with Crippen LogP contribution in [-0.2, 0) is 16.0 Å². The standard InChI is InChI=1S/C13H16FNO3/c1-2-3-11(13(17)18)15-12(16)8-9-4-6-10(14)7-5-9/h4-7,11H,2-3,8H2,1H3,(H,15,16)(H,17,18)/t11-/m0/s1. The van der Waals surface area contributed by atoms with Gasteiger partial charge in [-0.25, -0.2) is 9.18 Å². The van der Waals surface area contributed by atoms with Crippen molar-refractivity contribution in [1.29, 1.82) is 0 Å². The molecular formula is C13H16FNO3. The van der Waals surface area contributed by atoms with E-state index in [1.165, 1.54) is 24.3 Å². The number of aliphatic carboxylic acids is 1. The van der Waals surface area contributed by atoms with Gasteiger partial charge in [-0.3, -0.25) is 4.79 Å². The van der Waals surface area contributed by atoms with Crippen LogP contribution in [0.4, 0.5) is 4.39 Å². The number of amides is 1. The molecule has 1 amide bonds. The number of carbonyl (C=O) groups is 2. The minimum atomic E-state index is -1.04. The summed E-state index contributed by atoms with van der Waals surface area (Å²) in [4.78, 5) is 22.5. The smallest absolute Gasteiger partial charge is 0.326 e. The molecular weight excluding hydrogens is 237 g/mol. The molecule has 0 radical (unpaired) electrons. The van der Waals surface area contributed by atoms with E-state index >= 15 is 0 Å². The van der Waals surface area contributed by atoms with E-state index < -0.39 is 12.0 Å². The Morgan fingerprint density at radius 1 is 1.33 bits per heavy atom. The van der Waals surface area contributed by atoms with Gasteiger partial charge >= 0.3 is 5.97 Å². The molecule has 0 bridgehead atoms. The molecule has 0 aromatic heterocycles. The number of hydrogen-bond donors (Lipinski definition) is 2. The van der Waals surface area contributed by atoms with Gasteiger partial charge in [-0.1, -0.05) is 25.5 Å². The number of nitrogens with one attached hydrogen (secondary N) is 1. The second-order valence-electron chi connectivity index (χ2n) is 4.05. The summed E-state index contributed by atoms with van der Waals surface area (Å²) < 4.78 is 12.7. The highest BCUT2D eigenvalue weighted by atomic mass is 19.1. The molecule has 0 saturated heterocycles. The molecule has 0 spiro atoms. The third kappa shape index (κ3) is 4.53. The van der Waals surface area contributed by atoms with E-state index in [9.17, 15) is 14.0 Å². The fraction of sp³-hybridized carbons (Fsp3) is 0.385. The Kier molecular flexibility index (Phi) is 5.30. The van der Waals surface area contributed by atoms with Crippen LogP contribution in [0.5, 0.6) is 0 Å². The second-order valence-corrected chi connectivity index (χ2v) is 4.05. The summed E-state index contributed by atoms with van der Waals surface area (Å²) in [6, 6.07) is 4.68. The molecule has 4 nitrogen and oxygen atoms in total. The maximum Gasteiger partial charge on any atom is 0.326 e. The van der Waals surface area contributed by atoms with Crippen LogP contribution in [0.15, 0.2) is 24.3 Å². The van der Waals surface area contributed by atoms with E-state index in [1.54, 1.807) is 0 Å². The van der Waals surface area contributed by atoms with Crippen LogP contribution in [0.2, 0.25) is 0 Å². The fourth-order valence-corrected chi connectivity index (χ4v) is 1.58. The summed E-state index contributed by atoms with van der Waals surface area (Å²) in [6.07, 6.45) is 1.12. The van der Waals surface area contributed by atoms with Crippen LogP contribution in [0, 0.1) is 5.82 Å². The Balaban J connectivity index is 2.54. The SMILES string of the molecule is CCC[C@H](NC(=O)Cc1ccc(F)cc1)C(=O)O. The molecule has 0 aliphatic heterocycles. The highest BCUT2D eigenvalue weighted by molar-refractivity contribution is 5.84. The van der Waals surface area contributed by atoms with Crippen LogP contribution in [-0.4, -0.2) is 23.0 Å². The molecule has 98 valence electrons. The number of benzene rings is 1. The van der Waals surface area contributed by atoms with E-state index in [4.69, 9.17) is 5.11 Å². The van der Waals surface area contributed by atoms with Crippen LogP contribution >= 0.6 is 0 Å². The summed E-state index contributed by atoms with van der Waals surface area (Å²) >= 11 is 0. The number of carbonyl (C=O) groups excluding carboxylic acids is 1. The lowest BCUT2D eigenvalue weighted by Gasteiger charge is -2.13. The van der Waals surface area contributed by atoms with Crippen molar-refractivity contribution in [3.8, 4) is 0 Å². The normalized spacial score (nSPS) is 11.9. The zero-order chi connectivity index (χ0) is 13.5. The number of hydrogen-bond acceptors (Lipinski definition) is 2. The quantitative estimate of drug-likeness (QED) is 0.811. The number of carboxylic acid groups (broad SMARTS) is 1. The highest BCUT2D eigenvalue weighted by Gasteiger charge is 2.18. The van der Waals surface area contributed by atoms with E-state index in [0.717, 1.165) is 0 Å². The molecule has 0 fully saturated rings. The Labute approximate surface area is 105 Å². The third-order valence-electron chi connectivity index (χ3n) is 2.49. The van der Waals surface area contributed by atoms with Crippen molar-refractivity contribution in [1.82, 2.24) is 5.32 Å². The Morgan fingerprint density at radius 3 is 2.44 bits per heavy atom. The van der Waals surface area contributed by atoms with E-state index in [-0.39, 0.29) is 18.1 Å². The van der Waals surface area contributed by atoms with Gasteiger partial charge in [0.15, 0.2) is 0 Å². The largest absolute Gasteiger partial charge is 0.480 e. The molecule has 1 atom stereocenters. The van der Waals surface area contributed by atoms with Crippen molar-refractivity contribution < 1.29 is 19.1 Å². The fourth-order valence-electron chi connectivity index (χ4n) is 1.58. The maximum absolute atomic E-state index is 12.7. The van der Waals surface area contributed by atoms with Crippen molar-refractivity contribution in [3.05, 3.63) is 35.6 Å². The van der Waals surface area contributed by atoms with Gasteiger partial charge in [-0.15, -0.1) is 0 Å². The summed E-state index contributed by atoms with van der Waals surface area (Å²) in [7, 11) is 0. The molecule has 0 saturated carbocycles. The molecule has 1 rings (SSSR count). The van der Waals surface area contributed by atoms with Crippen LogP contribution in [0.3, 0.4) is 0 Å². The monoisotopic (exact) mass is 253 g/mol. The van der Waals surface area contributed by atoms with Gasteiger partial charge in [-0.2, -0.15) is 0 Å². The minimum Gasteiger partial charge on any atom is -0.480 e. The lowest BCUT2D eigenvalue weighted by molar-refractivity contribution is -0.141. The predicted octanol–water partition coefficient (Wildman–Crippen LogP) is 1.74. The van der Waals surface area contributed by atoms with E-state index in [1.807, 2.05) is 6.92 Å². The first-order valence-corrected chi connectivity index (χ1v) is 5.79. The molecule has 18 heavy (non-hydrogen) atoms. The lowest BCUT2D eigenvalue weighted by atomic mass is 10.1. The van der Waals surface area contributed by atoms with Gasteiger partial charge in [0.25, 0.3) is 0 Å². The first kappa shape index (κ1) is 14.2. The summed E-state index contributed by atoms with van der Waals surface area (Å²) in [5.74, 6) is -1.78. The van der Waals surface area contributed by atoms with Gasteiger partial charge in [0.2, 0.25) is 5.91 Å². The van der Waals surface area contributed by atoms with Crippen molar-refractivity contribution in [2.45, 2.75) is 32.2 Å². The molecule has 1 aromatic rings. The van der Waals surface area contributed by atoms with Gasteiger partial charge in [0.1, 0.15) is 11.9 Å². The number of halogens is 1. The van der Waals surface area contributed by atoms with E-state index in [0.29, 0.717) is 18.4 Å². The average molecular weight is 253 g/mol. The van der Waals surface area contributed by atoms with Crippen molar-refractivity contribution in [2.24, 2.45) is 0 Å². The molecule has 1 aromatic carbocycles. The molecule has 2 N–H and O–H groups in total. The number of rotatable bonds is 6. The Hall–Kier alpha value is -1.91. The first-order chi connectivity index (χ1) is 8.52. The maximum atomic E-state index is 12.7. The van der Waals surface area contributed by atoms with Crippen molar-refractivity contribution in [2.75, 3.05) is 0 Å². The molecule has 0 heterocycles. The Morgan fingerprint density at radius 2 is 1.94 bits per heavy atom. The van der Waals surface area contributed by atoms with Crippen LogP contribution in [0.1, 0.15) is 25.3 Å². The lowest BCUT2D eigenvalue weighted by Crippen LogP contribution is -2.41. The van der Waals surface area contributed by atoms with Crippen molar-refractivity contribution >= 4 is 11.9 Å². The minimum absolute atomic E-state index is 0.0494. The molecule has 5 heteroatoms. The first-order valence-electron chi connectivity index (χ1n) is 5.79. The average Bonchev–Trinajstić information content (AvgIpc) is 2.31. The van der Waals surface area contributed by atoms with Gasteiger partial charge < -0.3 is 10.4 Å².